The number of benzene rings is 1. The van der Waals surface area contributed by atoms with Gasteiger partial charge in [0.2, 0.25) is 0 Å². The summed E-state index contributed by atoms with van der Waals surface area (Å²) >= 11 is 0. The standard InChI is InChI=1S/C14H16F2N2O/c1-18-5-2-3-11(18)4-6-19-14-12(15)7-10(9-17)8-13(14)16/h7-8,11H,2-6H2,1H3. The van der Waals surface area contributed by atoms with Gasteiger partial charge in [0.1, 0.15) is 0 Å². The van der Waals surface area contributed by atoms with Crippen molar-refractivity contribution in [2.45, 2.75) is 25.3 Å². The molecule has 0 amide bonds. The minimum Gasteiger partial charge on any atom is -0.488 e. The average Bonchev–Trinajstić information content (AvgIpc) is 2.78. The molecule has 19 heavy (non-hydrogen) atoms. The number of hydrogen-bond donors (Lipinski definition) is 0. The Balaban J connectivity index is 1.94. The van der Waals surface area contributed by atoms with Crippen molar-refractivity contribution in [3.63, 3.8) is 0 Å². The zero-order chi connectivity index (χ0) is 13.8. The lowest BCUT2D eigenvalue weighted by Crippen LogP contribution is -2.26. The van der Waals surface area contributed by atoms with Gasteiger partial charge in [-0.05, 0) is 45.0 Å². The van der Waals surface area contributed by atoms with Crippen molar-refractivity contribution in [3.8, 4) is 11.8 Å². The molecule has 1 atom stereocenters. The van der Waals surface area contributed by atoms with E-state index in [2.05, 4.69) is 4.90 Å². The zero-order valence-electron chi connectivity index (χ0n) is 10.8. The third-order valence-electron chi connectivity index (χ3n) is 3.50. The summed E-state index contributed by atoms with van der Waals surface area (Å²) in [6.45, 7) is 1.33. The van der Waals surface area contributed by atoms with Crippen molar-refractivity contribution in [1.82, 2.24) is 4.90 Å². The fourth-order valence-electron chi connectivity index (χ4n) is 2.40. The van der Waals surface area contributed by atoms with E-state index in [1.165, 1.54) is 0 Å². The Morgan fingerprint density at radius 3 is 2.63 bits per heavy atom. The molecule has 0 saturated carbocycles. The molecular formula is C14H16F2N2O. The summed E-state index contributed by atoms with van der Waals surface area (Å²) in [5.41, 5.74) is -0.0436. The van der Waals surface area contributed by atoms with Crippen molar-refractivity contribution >= 4 is 0 Å². The summed E-state index contributed by atoms with van der Waals surface area (Å²) in [4.78, 5) is 2.23. The van der Waals surface area contributed by atoms with Gasteiger partial charge in [-0.3, -0.25) is 0 Å². The summed E-state index contributed by atoms with van der Waals surface area (Å²) in [7, 11) is 2.04. The van der Waals surface area contributed by atoms with Crippen LogP contribution in [0.15, 0.2) is 12.1 Å². The summed E-state index contributed by atoms with van der Waals surface area (Å²) < 4.78 is 32.3. The van der Waals surface area contributed by atoms with E-state index in [0.29, 0.717) is 6.04 Å². The van der Waals surface area contributed by atoms with E-state index in [-0.39, 0.29) is 17.9 Å². The highest BCUT2D eigenvalue weighted by Gasteiger charge is 2.21. The summed E-state index contributed by atoms with van der Waals surface area (Å²) in [6.07, 6.45) is 2.99. The zero-order valence-corrected chi connectivity index (χ0v) is 10.8. The minimum atomic E-state index is -0.823. The van der Waals surface area contributed by atoms with Gasteiger partial charge < -0.3 is 9.64 Å². The summed E-state index contributed by atoms with van der Waals surface area (Å²) in [5, 5.41) is 8.60. The molecule has 1 heterocycles. The largest absolute Gasteiger partial charge is 0.488 e. The maximum absolute atomic E-state index is 13.5. The predicted molar refractivity (Wildman–Crippen MR) is 66.8 cm³/mol. The van der Waals surface area contributed by atoms with Gasteiger partial charge in [0, 0.05) is 6.04 Å². The Kier molecular flexibility index (Phi) is 4.33. The van der Waals surface area contributed by atoms with Crippen LogP contribution in [0.5, 0.6) is 5.75 Å². The minimum absolute atomic E-state index is 0.0436. The lowest BCUT2D eigenvalue weighted by molar-refractivity contribution is 0.221. The highest BCUT2D eigenvalue weighted by molar-refractivity contribution is 5.37. The van der Waals surface area contributed by atoms with E-state index in [1.54, 1.807) is 6.07 Å². The molecule has 5 heteroatoms. The van der Waals surface area contributed by atoms with Crippen molar-refractivity contribution in [1.29, 1.82) is 5.26 Å². The van der Waals surface area contributed by atoms with Crippen LogP contribution in [0.2, 0.25) is 0 Å². The van der Waals surface area contributed by atoms with E-state index in [4.69, 9.17) is 10.00 Å². The molecule has 0 spiro atoms. The fraction of sp³-hybridized carbons (Fsp3) is 0.500. The van der Waals surface area contributed by atoms with E-state index in [9.17, 15) is 8.78 Å². The SMILES string of the molecule is CN1CCCC1CCOc1c(F)cc(C#N)cc1F. The van der Waals surface area contributed by atoms with E-state index in [0.717, 1.165) is 37.9 Å². The molecule has 2 rings (SSSR count). The third kappa shape index (κ3) is 3.21. The smallest absolute Gasteiger partial charge is 0.190 e. The van der Waals surface area contributed by atoms with Gasteiger partial charge in [0.25, 0.3) is 0 Å². The quantitative estimate of drug-likeness (QED) is 0.840. The Bertz CT molecular complexity index is 476. The van der Waals surface area contributed by atoms with Gasteiger partial charge in [0.05, 0.1) is 18.2 Å². The van der Waals surface area contributed by atoms with Crippen molar-refractivity contribution in [2.75, 3.05) is 20.2 Å². The Hall–Kier alpha value is -1.67. The van der Waals surface area contributed by atoms with Crippen LogP contribution in [0.4, 0.5) is 8.78 Å². The van der Waals surface area contributed by atoms with Crippen LogP contribution in [0.25, 0.3) is 0 Å². The van der Waals surface area contributed by atoms with Crippen molar-refractivity contribution < 1.29 is 13.5 Å². The molecule has 1 unspecified atom stereocenters. The topological polar surface area (TPSA) is 36.3 Å². The van der Waals surface area contributed by atoms with Gasteiger partial charge in [-0.1, -0.05) is 0 Å². The van der Waals surface area contributed by atoms with Crippen LogP contribution in [-0.4, -0.2) is 31.1 Å². The molecule has 1 aromatic rings. The number of nitrogens with zero attached hydrogens (tertiary/aromatic N) is 2. The number of ether oxygens (including phenoxy) is 1. The van der Waals surface area contributed by atoms with E-state index in [1.807, 2.05) is 7.05 Å². The monoisotopic (exact) mass is 266 g/mol. The Morgan fingerprint density at radius 1 is 1.42 bits per heavy atom. The molecule has 3 nitrogen and oxygen atoms in total. The molecule has 102 valence electrons. The summed E-state index contributed by atoms with van der Waals surface area (Å²) in [5.74, 6) is -2.03. The first-order valence-corrected chi connectivity index (χ1v) is 6.34. The molecule has 1 aliphatic heterocycles. The molecule has 0 bridgehead atoms. The molecule has 1 saturated heterocycles. The van der Waals surface area contributed by atoms with Crippen LogP contribution >= 0.6 is 0 Å². The van der Waals surface area contributed by atoms with Gasteiger partial charge in [0.15, 0.2) is 17.4 Å². The average molecular weight is 266 g/mol. The number of nitriles is 1. The maximum atomic E-state index is 13.5. The second kappa shape index (κ2) is 5.98. The lowest BCUT2D eigenvalue weighted by Gasteiger charge is -2.19. The lowest BCUT2D eigenvalue weighted by atomic mass is 10.1. The van der Waals surface area contributed by atoms with Crippen LogP contribution in [-0.2, 0) is 0 Å². The summed E-state index contributed by atoms with van der Waals surface area (Å²) in [6, 6.07) is 4.09. The number of hydrogen-bond acceptors (Lipinski definition) is 3. The van der Waals surface area contributed by atoms with Crippen molar-refractivity contribution in [3.05, 3.63) is 29.3 Å². The normalized spacial score (nSPS) is 19.4. The molecular weight excluding hydrogens is 250 g/mol. The molecule has 0 radical (unpaired) electrons. The molecule has 1 aromatic carbocycles. The molecule has 0 aromatic heterocycles. The van der Waals surface area contributed by atoms with Crippen LogP contribution in [0.3, 0.4) is 0 Å². The number of likely N-dealkylation sites (tertiary alicyclic amines) is 1. The van der Waals surface area contributed by atoms with Crippen molar-refractivity contribution in [2.24, 2.45) is 0 Å². The second-order valence-corrected chi connectivity index (χ2v) is 4.79. The molecule has 1 fully saturated rings. The first kappa shape index (κ1) is 13.8. The Morgan fingerprint density at radius 2 is 2.11 bits per heavy atom. The van der Waals surface area contributed by atoms with Gasteiger partial charge in [-0.25, -0.2) is 8.78 Å². The van der Waals surface area contributed by atoms with Gasteiger partial charge in [-0.2, -0.15) is 5.26 Å². The maximum Gasteiger partial charge on any atom is 0.190 e. The van der Waals surface area contributed by atoms with E-state index >= 15 is 0 Å². The number of halogens is 2. The second-order valence-electron chi connectivity index (χ2n) is 4.79. The third-order valence-corrected chi connectivity index (χ3v) is 3.50. The fourth-order valence-corrected chi connectivity index (χ4v) is 2.40. The van der Waals surface area contributed by atoms with Gasteiger partial charge >= 0.3 is 0 Å². The molecule has 0 N–H and O–H groups in total. The highest BCUT2D eigenvalue weighted by Crippen LogP contribution is 2.24. The predicted octanol–water partition coefficient (Wildman–Crippen LogP) is 2.70. The highest BCUT2D eigenvalue weighted by atomic mass is 19.1. The first-order valence-electron chi connectivity index (χ1n) is 6.34. The first-order chi connectivity index (χ1) is 9.11. The molecule has 0 aliphatic carbocycles. The number of rotatable bonds is 4. The van der Waals surface area contributed by atoms with Crippen LogP contribution in [0.1, 0.15) is 24.8 Å². The molecule has 1 aliphatic rings. The van der Waals surface area contributed by atoms with Crippen LogP contribution < -0.4 is 4.74 Å². The van der Waals surface area contributed by atoms with Gasteiger partial charge in [-0.15, -0.1) is 0 Å². The van der Waals surface area contributed by atoms with E-state index < -0.39 is 11.6 Å². The Labute approximate surface area is 111 Å². The van der Waals surface area contributed by atoms with Crippen LogP contribution in [0, 0.1) is 23.0 Å².